The summed E-state index contributed by atoms with van der Waals surface area (Å²) in [7, 11) is 0. The molecule has 0 spiro atoms. The van der Waals surface area contributed by atoms with Crippen molar-refractivity contribution in [1.29, 1.82) is 0 Å². The molecule has 1 aromatic heterocycles. The number of nitrogens with one attached hydrogen (secondary N) is 2. The number of alkyl carbamates (subject to hydrolysis) is 1. The van der Waals surface area contributed by atoms with Crippen molar-refractivity contribution in [1.82, 2.24) is 25.4 Å². The minimum Gasteiger partial charge on any atom is -0.493 e. The zero-order valence-electron chi connectivity index (χ0n) is 30.4. The minimum atomic E-state index is -1.10. The van der Waals surface area contributed by atoms with E-state index < -0.39 is 28.9 Å². The topological polar surface area (TPSA) is 108 Å². The second kappa shape index (κ2) is 14.0. The van der Waals surface area contributed by atoms with Gasteiger partial charge in [-0.15, -0.1) is 0 Å². The number of benzene rings is 2. The van der Waals surface area contributed by atoms with E-state index in [2.05, 4.69) is 31.4 Å². The van der Waals surface area contributed by atoms with Gasteiger partial charge in [-0.25, -0.2) is 9.59 Å². The lowest BCUT2D eigenvalue weighted by Crippen LogP contribution is -2.62. The third kappa shape index (κ3) is 7.43. The summed E-state index contributed by atoms with van der Waals surface area (Å²) in [5, 5.41) is 7.20. The number of amidine groups is 1. The Bertz CT molecular complexity index is 1750. The van der Waals surface area contributed by atoms with Crippen molar-refractivity contribution in [2.75, 3.05) is 26.2 Å². The first-order valence-electron chi connectivity index (χ1n) is 16.9. The maximum absolute atomic E-state index is 15.2. The zero-order chi connectivity index (χ0) is 36.6. The Balaban J connectivity index is 1.70. The molecule has 1 fully saturated rings. The molecule has 50 heavy (non-hydrogen) atoms. The molecule has 3 aromatic rings. The van der Waals surface area contributed by atoms with E-state index >= 15 is 4.79 Å². The summed E-state index contributed by atoms with van der Waals surface area (Å²) >= 11 is 12.8. The van der Waals surface area contributed by atoms with Crippen molar-refractivity contribution >= 4 is 41.2 Å². The number of hydrogen-bond donors (Lipinski definition) is 2. The summed E-state index contributed by atoms with van der Waals surface area (Å²) in [6, 6.07) is 16.7. The van der Waals surface area contributed by atoms with Crippen molar-refractivity contribution < 1.29 is 19.1 Å². The number of halogens is 2. The Kier molecular flexibility index (Phi) is 10.5. The Morgan fingerprint density at radius 3 is 2.14 bits per heavy atom. The van der Waals surface area contributed by atoms with Crippen LogP contribution in [0.15, 0.2) is 65.8 Å². The van der Waals surface area contributed by atoms with Gasteiger partial charge in [0.2, 0.25) is 0 Å². The first kappa shape index (κ1) is 37.4. The minimum absolute atomic E-state index is 0.119. The lowest BCUT2D eigenvalue weighted by Gasteiger charge is -2.47. The summed E-state index contributed by atoms with van der Waals surface area (Å²) in [6.07, 6.45) is 0.454. The van der Waals surface area contributed by atoms with Crippen LogP contribution in [0, 0.1) is 0 Å². The monoisotopic (exact) mass is 722 g/mol. The second-order valence-electron chi connectivity index (χ2n) is 15.1. The fraction of sp³-hybridized carbons (Fsp3) is 0.474. The van der Waals surface area contributed by atoms with Gasteiger partial charge in [0.15, 0.2) is 6.23 Å². The van der Waals surface area contributed by atoms with E-state index in [4.69, 9.17) is 42.7 Å². The van der Waals surface area contributed by atoms with Gasteiger partial charge < -0.3 is 19.7 Å². The molecule has 3 atom stereocenters. The zero-order valence-corrected chi connectivity index (χ0v) is 31.9. The molecule has 0 unspecified atom stereocenters. The van der Waals surface area contributed by atoms with Gasteiger partial charge in [0.05, 0.1) is 18.7 Å². The predicted octanol–water partition coefficient (Wildman–Crippen LogP) is 7.85. The van der Waals surface area contributed by atoms with E-state index in [0.29, 0.717) is 46.9 Å². The largest absolute Gasteiger partial charge is 0.493 e. The molecule has 2 aromatic carbocycles. The molecular formula is C38H48Cl2N6O4. The molecule has 0 radical (unpaired) electrons. The molecule has 0 aliphatic carbocycles. The quantitative estimate of drug-likeness (QED) is 0.268. The van der Waals surface area contributed by atoms with Gasteiger partial charge in [-0.05, 0) is 76.9 Å². The first-order chi connectivity index (χ1) is 23.4. The molecule has 10 nitrogen and oxygen atoms in total. The van der Waals surface area contributed by atoms with Crippen molar-refractivity contribution in [2.24, 2.45) is 4.99 Å². The standard InChI is InChI=1S/C38H48Cl2N6O4/c1-10-49-29-21-30(35(2,3)4)42-22-28(29)32-43-37(8,24-11-15-26(39)16-12-24)38(9,25-13-17-27(40)18-14-25)46(32)34(48)45-20-19-41-31(23-45)50-33(47)44-36(5,6)7/h11-18,21-22,31,41H,10,19-20,23H2,1-9H3,(H,44,47)/t31-,37-,38+/m0/s1. The van der Waals surface area contributed by atoms with Crippen LogP contribution in [-0.4, -0.2) is 70.8 Å². The molecule has 268 valence electrons. The van der Waals surface area contributed by atoms with Crippen LogP contribution in [0.25, 0.3) is 0 Å². The van der Waals surface area contributed by atoms with E-state index in [1.807, 2.05) is 96.1 Å². The molecule has 1 saturated heterocycles. The van der Waals surface area contributed by atoms with Crippen LogP contribution in [0.1, 0.15) is 84.7 Å². The second-order valence-corrected chi connectivity index (χ2v) is 16.0. The van der Waals surface area contributed by atoms with Gasteiger partial charge in [-0.2, -0.15) is 0 Å². The molecule has 0 bridgehead atoms. The number of pyridine rings is 1. The van der Waals surface area contributed by atoms with Crippen molar-refractivity contribution in [3.8, 4) is 5.75 Å². The van der Waals surface area contributed by atoms with Crippen LogP contribution >= 0.6 is 23.2 Å². The molecule has 5 rings (SSSR count). The average Bonchev–Trinajstić information content (AvgIpc) is 3.28. The molecule has 3 heterocycles. The number of amides is 3. The van der Waals surface area contributed by atoms with Crippen LogP contribution in [-0.2, 0) is 21.2 Å². The lowest BCUT2D eigenvalue weighted by molar-refractivity contribution is 0.0268. The van der Waals surface area contributed by atoms with Crippen LogP contribution in [0.5, 0.6) is 5.75 Å². The fourth-order valence-corrected chi connectivity index (χ4v) is 6.68. The SMILES string of the molecule is CCOc1cc(C(C)(C)C)ncc1C1=N[C@@](C)(c2ccc(Cl)cc2)[C@@](C)(c2ccc(Cl)cc2)N1C(=O)N1CCN[C@@H](OC(=O)NC(C)(C)C)C1. The fourth-order valence-electron chi connectivity index (χ4n) is 6.43. The van der Waals surface area contributed by atoms with E-state index in [1.165, 1.54) is 0 Å². The van der Waals surface area contributed by atoms with Crippen molar-refractivity contribution in [2.45, 2.75) is 90.6 Å². The van der Waals surface area contributed by atoms with E-state index in [9.17, 15) is 4.79 Å². The number of rotatable bonds is 6. The molecule has 12 heteroatoms. The Morgan fingerprint density at radius 1 is 0.980 bits per heavy atom. The maximum atomic E-state index is 15.2. The summed E-state index contributed by atoms with van der Waals surface area (Å²) in [5.41, 5.74) is 0.233. The normalized spacial score (nSPS) is 22.6. The Morgan fingerprint density at radius 2 is 1.58 bits per heavy atom. The number of carbonyl (C=O) groups excluding carboxylic acids is 2. The van der Waals surface area contributed by atoms with Gasteiger partial charge in [-0.1, -0.05) is 68.2 Å². The molecule has 3 amide bonds. The summed E-state index contributed by atoms with van der Waals surface area (Å²) < 4.78 is 12.0. The number of urea groups is 1. The van der Waals surface area contributed by atoms with Crippen molar-refractivity contribution in [3.05, 3.63) is 93.2 Å². The third-order valence-corrected chi connectivity index (χ3v) is 9.76. The first-order valence-corrected chi connectivity index (χ1v) is 17.7. The summed E-state index contributed by atoms with van der Waals surface area (Å²) in [4.78, 5) is 41.7. The van der Waals surface area contributed by atoms with Gasteiger partial charge in [0, 0.05) is 52.0 Å². The number of aliphatic imine (C=N–C) groups is 1. The maximum Gasteiger partial charge on any atom is 0.409 e. The van der Waals surface area contributed by atoms with E-state index in [-0.39, 0.29) is 18.0 Å². The van der Waals surface area contributed by atoms with Gasteiger partial charge in [0.1, 0.15) is 22.7 Å². The lowest BCUT2D eigenvalue weighted by atomic mass is 9.71. The van der Waals surface area contributed by atoms with Crippen LogP contribution < -0.4 is 15.4 Å². The number of hydrogen-bond acceptors (Lipinski definition) is 7. The molecular weight excluding hydrogens is 675 g/mol. The highest BCUT2D eigenvalue weighted by Crippen LogP contribution is 2.54. The van der Waals surface area contributed by atoms with Gasteiger partial charge in [0.25, 0.3) is 0 Å². The molecule has 0 saturated carbocycles. The highest BCUT2D eigenvalue weighted by Gasteiger charge is 2.60. The highest BCUT2D eigenvalue weighted by molar-refractivity contribution is 6.30. The third-order valence-electron chi connectivity index (χ3n) is 9.25. The average molecular weight is 724 g/mol. The Hall–Kier alpha value is -3.86. The van der Waals surface area contributed by atoms with Crippen LogP contribution in [0.3, 0.4) is 0 Å². The number of piperazine rings is 1. The number of nitrogens with zero attached hydrogens (tertiary/aromatic N) is 4. The van der Waals surface area contributed by atoms with E-state index in [0.717, 1.165) is 16.8 Å². The van der Waals surface area contributed by atoms with Crippen molar-refractivity contribution in [3.63, 3.8) is 0 Å². The molecule has 2 aliphatic rings. The molecule has 2 aliphatic heterocycles. The van der Waals surface area contributed by atoms with Gasteiger partial charge >= 0.3 is 12.1 Å². The Labute approximate surface area is 305 Å². The predicted molar refractivity (Wildman–Crippen MR) is 198 cm³/mol. The van der Waals surface area contributed by atoms with Crippen LogP contribution in [0.2, 0.25) is 10.0 Å². The van der Waals surface area contributed by atoms with Crippen LogP contribution in [0.4, 0.5) is 9.59 Å². The highest BCUT2D eigenvalue weighted by atomic mass is 35.5. The number of aromatic nitrogens is 1. The summed E-state index contributed by atoms with van der Waals surface area (Å²) in [5.74, 6) is 0.978. The van der Waals surface area contributed by atoms with E-state index in [1.54, 1.807) is 16.0 Å². The number of ether oxygens (including phenoxy) is 2. The smallest absolute Gasteiger partial charge is 0.409 e. The summed E-state index contributed by atoms with van der Waals surface area (Å²) in [6.45, 7) is 19.2. The molecule has 2 N–H and O–H groups in total. The number of carbonyl (C=O) groups is 2. The van der Waals surface area contributed by atoms with Gasteiger partial charge in [-0.3, -0.25) is 20.2 Å².